The van der Waals surface area contributed by atoms with Crippen LogP contribution in [-0.4, -0.2) is 42.9 Å². The van der Waals surface area contributed by atoms with Crippen LogP contribution < -0.4 is 15.5 Å². The molecule has 2 heterocycles. The van der Waals surface area contributed by atoms with Crippen molar-refractivity contribution in [2.45, 2.75) is 25.7 Å². The van der Waals surface area contributed by atoms with Crippen molar-refractivity contribution in [3.05, 3.63) is 78.3 Å². The van der Waals surface area contributed by atoms with E-state index in [1.165, 1.54) is 11.2 Å². The molecule has 176 valence electrons. The van der Waals surface area contributed by atoms with E-state index in [2.05, 4.69) is 10.6 Å². The summed E-state index contributed by atoms with van der Waals surface area (Å²) in [6.45, 7) is 1.55. The highest BCUT2D eigenvalue weighted by Crippen LogP contribution is 2.23. The molecule has 1 aliphatic heterocycles. The van der Waals surface area contributed by atoms with Crippen LogP contribution in [0.4, 0.5) is 21.9 Å². The summed E-state index contributed by atoms with van der Waals surface area (Å²) in [6.07, 6.45) is 5.81. The molecule has 0 spiro atoms. The Morgan fingerprint density at radius 2 is 1.47 bits per heavy atom. The average molecular weight is 461 g/mol. The third kappa shape index (κ3) is 5.46. The maximum atomic E-state index is 13.0. The van der Waals surface area contributed by atoms with Crippen molar-refractivity contribution < 1.29 is 18.8 Å². The fraction of sp³-hybridized carbons (Fsp3) is 0.269. The summed E-state index contributed by atoms with van der Waals surface area (Å²) in [4.78, 5) is 41.4. The van der Waals surface area contributed by atoms with E-state index in [0.717, 1.165) is 38.8 Å². The van der Waals surface area contributed by atoms with Gasteiger partial charge in [-0.15, -0.1) is 0 Å². The Morgan fingerprint density at radius 3 is 2.12 bits per heavy atom. The molecule has 0 aliphatic carbocycles. The van der Waals surface area contributed by atoms with Gasteiger partial charge in [0.05, 0.1) is 17.5 Å². The SMILES string of the molecule is CN(C(=O)c1ccco1)c1ccccc1C(=O)Nc1ccc(NC(=O)N2CCCCCC2)cc1. The molecule has 2 aromatic carbocycles. The predicted molar refractivity (Wildman–Crippen MR) is 131 cm³/mol. The Balaban J connectivity index is 1.41. The molecular formula is C26H28N4O4. The highest BCUT2D eigenvalue weighted by atomic mass is 16.3. The van der Waals surface area contributed by atoms with Gasteiger partial charge in [0.25, 0.3) is 11.8 Å². The van der Waals surface area contributed by atoms with Gasteiger partial charge in [-0.2, -0.15) is 0 Å². The van der Waals surface area contributed by atoms with Crippen LogP contribution in [0.3, 0.4) is 0 Å². The summed E-state index contributed by atoms with van der Waals surface area (Å²) in [5.74, 6) is -0.513. The first-order valence-corrected chi connectivity index (χ1v) is 11.4. The van der Waals surface area contributed by atoms with Crippen molar-refractivity contribution in [3.8, 4) is 0 Å². The monoisotopic (exact) mass is 460 g/mol. The Morgan fingerprint density at radius 1 is 0.824 bits per heavy atom. The van der Waals surface area contributed by atoms with Crippen LogP contribution in [0.25, 0.3) is 0 Å². The van der Waals surface area contributed by atoms with Gasteiger partial charge in [0.15, 0.2) is 5.76 Å². The van der Waals surface area contributed by atoms with Crippen molar-refractivity contribution in [2.24, 2.45) is 0 Å². The van der Waals surface area contributed by atoms with Gasteiger partial charge < -0.3 is 24.9 Å². The standard InChI is InChI=1S/C26H28N4O4/c1-29(25(32)23-11-8-18-34-23)22-10-5-4-9-21(22)24(31)27-19-12-14-20(15-13-19)28-26(33)30-16-6-2-3-7-17-30/h4-5,8-15,18H,2-3,6-7,16-17H2,1H3,(H,27,31)(H,28,33). The number of amides is 4. The van der Waals surface area contributed by atoms with Gasteiger partial charge >= 0.3 is 6.03 Å². The first-order chi connectivity index (χ1) is 16.5. The maximum Gasteiger partial charge on any atom is 0.321 e. The number of para-hydroxylation sites is 1. The van der Waals surface area contributed by atoms with E-state index in [-0.39, 0.29) is 23.6 Å². The minimum atomic E-state index is -0.352. The molecular weight excluding hydrogens is 432 g/mol. The van der Waals surface area contributed by atoms with Crippen molar-refractivity contribution >= 4 is 34.9 Å². The molecule has 0 unspecified atom stereocenters. The van der Waals surface area contributed by atoms with Crippen molar-refractivity contribution in [1.29, 1.82) is 0 Å². The van der Waals surface area contributed by atoms with Crippen molar-refractivity contribution in [2.75, 3.05) is 35.7 Å². The van der Waals surface area contributed by atoms with Gasteiger partial charge in [0.1, 0.15) is 0 Å². The van der Waals surface area contributed by atoms with Crippen molar-refractivity contribution in [3.63, 3.8) is 0 Å². The number of nitrogens with zero attached hydrogens (tertiary/aromatic N) is 2. The van der Waals surface area contributed by atoms with Crippen molar-refractivity contribution in [1.82, 2.24) is 4.90 Å². The number of hydrogen-bond donors (Lipinski definition) is 2. The molecule has 4 rings (SSSR count). The Bertz CT molecular complexity index is 1130. The van der Waals surface area contributed by atoms with Gasteiger partial charge in [0.2, 0.25) is 0 Å². The number of carbonyl (C=O) groups is 3. The number of urea groups is 1. The lowest BCUT2D eigenvalue weighted by Gasteiger charge is -2.21. The van der Waals surface area contributed by atoms with Gasteiger partial charge in [0, 0.05) is 31.5 Å². The van der Waals surface area contributed by atoms with E-state index in [1.807, 2.05) is 4.90 Å². The quantitative estimate of drug-likeness (QED) is 0.546. The van der Waals surface area contributed by atoms with Crippen LogP contribution >= 0.6 is 0 Å². The number of nitrogens with one attached hydrogen (secondary N) is 2. The maximum absolute atomic E-state index is 13.0. The summed E-state index contributed by atoms with van der Waals surface area (Å²) in [6, 6.07) is 17.0. The second-order valence-electron chi connectivity index (χ2n) is 8.22. The molecule has 1 fully saturated rings. The molecule has 0 atom stereocenters. The number of furan rings is 1. The first-order valence-electron chi connectivity index (χ1n) is 11.4. The second-order valence-corrected chi connectivity index (χ2v) is 8.22. The largest absolute Gasteiger partial charge is 0.459 e. The molecule has 0 saturated carbocycles. The van der Waals surface area contributed by atoms with Gasteiger partial charge in [-0.1, -0.05) is 25.0 Å². The molecule has 0 bridgehead atoms. The van der Waals surface area contributed by atoms with Gasteiger partial charge in [-0.05, 0) is 61.4 Å². The second kappa shape index (κ2) is 10.7. The van der Waals surface area contributed by atoms with Crippen LogP contribution in [0.1, 0.15) is 46.6 Å². The number of carbonyl (C=O) groups excluding carboxylic acids is 3. The smallest absolute Gasteiger partial charge is 0.321 e. The van der Waals surface area contributed by atoms with Crippen LogP contribution in [0.5, 0.6) is 0 Å². The lowest BCUT2D eigenvalue weighted by Crippen LogP contribution is -2.35. The summed E-state index contributed by atoms with van der Waals surface area (Å²) in [5, 5.41) is 5.78. The Labute approximate surface area is 198 Å². The first kappa shape index (κ1) is 23.1. The Kier molecular flexibility index (Phi) is 7.27. The summed E-state index contributed by atoms with van der Waals surface area (Å²) in [5.41, 5.74) is 2.05. The van der Waals surface area contributed by atoms with E-state index in [9.17, 15) is 14.4 Å². The normalized spacial score (nSPS) is 13.6. The summed E-state index contributed by atoms with van der Waals surface area (Å²) < 4.78 is 5.19. The highest BCUT2D eigenvalue weighted by Gasteiger charge is 2.21. The van der Waals surface area contributed by atoms with Gasteiger partial charge in [-0.25, -0.2) is 4.79 Å². The molecule has 34 heavy (non-hydrogen) atoms. The molecule has 8 heteroatoms. The summed E-state index contributed by atoms with van der Waals surface area (Å²) >= 11 is 0. The third-order valence-corrected chi connectivity index (χ3v) is 5.83. The van der Waals surface area contributed by atoms with Crippen LogP contribution in [0.15, 0.2) is 71.3 Å². The summed E-state index contributed by atoms with van der Waals surface area (Å²) in [7, 11) is 1.60. The third-order valence-electron chi connectivity index (χ3n) is 5.83. The van der Waals surface area contributed by atoms with E-state index >= 15 is 0 Å². The fourth-order valence-electron chi connectivity index (χ4n) is 3.94. The molecule has 2 N–H and O–H groups in total. The van der Waals surface area contributed by atoms with E-state index in [0.29, 0.717) is 22.6 Å². The molecule has 1 aromatic heterocycles. The zero-order valence-corrected chi connectivity index (χ0v) is 19.1. The lowest BCUT2D eigenvalue weighted by molar-refractivity contribution is 0.0966. The van der Waals surface area contributed by atoms with E-state index in [1.54, 1.807) is 67.7 Å². The minimum absolute atomic E-state index is 0.100. The van der Waals surface area contributed by atoms with Gasteiger partial charge in [-0.3, -0.25) is 9.59 Å². The van der Waals surface area contributed by atoms with Crippen LogP contribution in [-0.2, 0) is 0 Å². The molecule has 3 aromatic rings. The average Bonchev–Trinajstić information content (AvgIpc) is 3.26. The topological polar surface area (TPSA) is 94.9 Å². The van der Waals surface area contributed by atoms with E-state index in [4.69, 9.17) is 4.42 Å². The molecule has 8 nitrogen and oxygen atoms in total. The van der Waals surface area contributed by atoms with E-state index < -0.39 is 0 Å². The number of likely N-dealkylation sites (tertiary alicyclic amines) is 1. The number of rotatable bonds is 5. The molecule has 0 radical (unpaired) electrons. The number of benzene rings is 2. The number of anilines is 3. The Hall–Kier alpha value is -4.07. The molecule has 4 amide bonds. The minimum Gasteiger partial charge on any atom is -0.459 e. The number of hydrogen-bond acceptors (Lipinski definition) is 4. The molecule has 1 saturated heterocycles. The highest BCUT2D eigenvalue weighted by molar-refractivity contribution is 6.12. The zero-order valence-electron chi connectivity index (χ0n) is 19.1. The van der Waals surface area contributed by atoms with Crippen LogP contribution in [0, 0.1) is 0 Å². The lowest BCUT2D eigenvalue weighted by atomic mass is 10.1. The fourth-order valence-corrected chi connectivity index (χ4v) is 3.94. The van der Waals surface area contributed by atoms with Crippen LogP contribution in [0.2, 0.25) is 0 Å². The zero-order chi connectivity index (χ0) is 23.9. The predicted octanol–water partition coefficient (Wildman–Crippen LogP) is 5.22. The molecule has 1 aliphatic rings.